The van der Waals surface area contributed by atoms with Gasteiger partial charge in [0.05, 0.1) is 18.2 Å². The molecule has 0 fully saturated rings. The van der Waals surface area contributed by atoms with Crippen molar-refractivity contribution in [1.82, 2.24) is 5.43 Å². The highest BCUT2D eigenvalue weighted by atomic mass is 16.5. The maximum atomic E-state index is 12.2. The molecule has 1 amide bonds. The second kappa shape index (κ2) is 8.47. The summed E-state index contributed by atoms with van der Waals surface area (Å²) in [6, 6.07) is 13.8. The van der Waals surface area contributed by atoms with Gasteiger partial charge in [-0.05, 0) is 57.9 Å². The number of hydrogen-bond donors (Lipinski definition) is 1. The van der Waals surface area contributed by atoms with Gasteiger partial charge in [-0.1, -0.05) is 35.9 Å². The zero-order valence-corrected chi connectivity index (χ0v) is 15.6. The van der Waals surface area contributed by atoms with Gasteiger partial charge in [-0.3, -0.25) is 4.79 Å². The van der Waals surface area contributed by atoms with Crippen LogP contribution in [0.25, 0.3) is 0 Å². The van der Waals surface area contributed by atoms with Crippen molar-refractivity contribution in [3.05, 3.63) is 64.7 Å². The van der Waals surface area contributed by atoms with Gasteiger partial charge in [-0.25, -0.2) is 5.43 Å². The molecule has 0 saturated heterocycles. The lowest BCUT2D eigenvalue weighted by molar-refractivity contribution is -0.120. The molecule has 0 aliphatic heterocycles. The molecule has 2 aromatic rings. The van der Waals surface area contributed by atoms with Crippen molar-refractivity contribution in [2.45, 2.75) is 47.1 Å². The van der Waals surface area contributed by atoms with E-state index in [2.05, 4.69) is 16.6 Å². The van der Waals surface area contributed by atoms with E-state index < -0.39 is 0 Å². The molecular weight excluding hydrogens is 312 g/mol. The van der Waals surface area contributed by atoms with E-state index in [1.54, 1.807) is 0 Å². The van der Waals surface area contributed by atoms with Crippen LogP contribution in [-0.2, 0) is 11.2 Å². The van der Waals surface area contributed by atoms with Crippen LogP contribution < -0.4 is 10.2 Å². The zero-order chi connectivity index (χ0) is 18.4. The lowest BCUT2D eigenvalue weighted by atomic mass is 10.0. The number of nitrogens with one attached hydrogen (secondary N) is 1. The number of carbonyl (C=O) groups is 1. The van der Waals surface area contributed by atoms with Crippen molar-refractivity contribution in [1.29, 1.82) is 0 Å². The summed E-state index contributed by atoms with van der Waals surface area (Å²) in [6.45, 7) is 9.88. The number of nitrogens with zero attached hydrogens (tertiary/aromatic N) is 1. The molecular formula is C21H26N2O2. The maximum Gasteiger partial charge on any atom is 0.244 e. The molecule has 0 spiro atoms. The van der Waals surface area contributed by atoms with Crippen LogP contribution in [-0.4, -0.2) is 17.7 Å². The Kier molecular flexibility index (Phi) is 6.34. The fourth-order valence-corrected chi connectivity index (χ4v) is 2.59. The van der Waals surface area contributed by atoms with Gasteiger partial charge in [0, 0.05) is 5.56 Å². The molecule has 2 rings (SSSR count). The number of benzene rings is 2. The number of ether oxygens (including phenoxy) is 1. The van der Waals surface area contributed by atoms with E-state index in [4.69, 9.17) is 4.74 Å². The van der Waals surface area contributed by atoms with E-state index in [0.717, 1.165) is 22.4 Å². The lowest BCUT2D eigenvalue weighted by Crippen LogP contribution is -2.22. The first kappa shape index (κ1) is 18.7. The van der Waals surface area contributed by atoms with E-state index in [0.29, 0.717) is 12.1 Å². The van der Waals surface area contributed by atoms with Gasteiger partial charge in [-0.2, -0.15) is 5.10 Å². The standard InChI is InChI=1S/C21H26N2O2/c1-14(2)25-20-9-7-6-8-19(20)17(5)22-23-21(24)13-18-11-10-15(3)12-16(18)4/h6-12,14H,13H2,1-5H3,(H,23,24)/b22-17-. The minimum Gasteiger partial charge on any atom is -0.490 e. The van der Waals surface area contributed by atoms with E-state index in [-0.39, 0.29) is 12.0 Å². The molecule has 4 nitrogen and oxygen atoms in total. The van der Waals surface area contributed by atoms with Crippen LogP contribution in [0.5, 0.6) is 5.75 Å². The largest absolute Gasteiger partial charge is 0.490 e. The quantitative estimate of drug-likeness (QED) is 0.635. The normalized spacial score (nSPS) is 11.5. The Morgan fingerprint density at radius 2 is 1.88 bits per heavy atom. The Hall–Kier alpha value is -2.62. The number of amides is 1. The van der Waals surface area contributed by atoms with Crippen LogP contribution in [0.15, 0.2) is 47.6 Å². The van der Waals surface area contributed by atoms with Crippen molar-refractivity contribution in [3.8, 4) is 5.75 Å². The zero-order valence-electron chi connectivity index (χ0n) is 15.6. The van der Waals surface area contributed by atoms with E-state index in [1.807, 2.05) is 71.0 Å². The molecule has 132 valence electrons. The molecule has 25 heavy (non-hydrogen) atoms. The molecule has 1 N–H and O–H groups in total. The summed E-state index contributed by atoms with van der Waals surface area (Å²) in [7, 11) is 0. The Balaban J connectivity index is 2.07. The molecule has 0 aliphatic carbocycles. The van der Waals surface area contributed by atoms with Gasteiger partial charge in [-0.15, -0.1) is 0 Å². The molecule has 0 heterocycles. The molecule has 4 heteroatoms. The Bertz CT molecular complexity index is 779. The minimum absolute atomic E-state index is 0.0769. The highest BCUT2D eigenvalue weighted by Crippen LogP contribution is 2.20. The number of para-hydroxylation sites is 1. The van der Waals surface area contributed by atoms with Gasteiger partial charge in [0.1, 0.15) is 5.75 Å². The molecule has 0 unspecified atom stereocenters. The summed E-state index contributed by atoms with van der Waals surface area (Å²) in [6.07, 6.45) is 0.389. The molecule has 0 aliphatic rings. The summed E-state index contributed by atoms with van der Waals surface area (Å²) in [5.74, 6) is 0.635. The third-order valence-electron chi connectivity index (χ3n) is 3.84. The van der Waals surface area contributed by atoms with Crippen molar-refractivity contribution in [2.75, 3.05) is 0 Å². The van der Waals surface area contributed by atoms with Crippen molar-refractivity contribution in [2.24, 2.45) is 5.10 Å². The lowest BCUT2D eigenvalue weighted by Gasteiger charge is -2.14. The van der Waals surface area contributed by atoms with Crippen molar-refractivity contribution >= 4 is 11.6 Å². The molecule has 0 saturated carbocycles. The van der Waals surface area contributed by atoms with E-state index in [1.165, 1.54) is 5.56 Å². The summed E-state index contributed by atoms with van der Waals surface area (Å²) in [5, 5.41) is 4.24. The monoisotopic (exact) mass is 338 g/mol. The Morgan fingerprint density at radius 3 is 2.56 bits per heavy atom. The van der Waals surface area contributed by atoms with Gasteiger partial charge in [0.15, 0.2) is 0 Å². The fraction of sp³-hybridized carbons (Fsp3) is 0.333. The topological polar surface area (TPSA) is 50.7 Å². The van der Waals surface area contributed by atoms with Gasteiger partial charge >= 0.3 is 0 Å². The van der Waals surface area contributed by atoms with E-state index >= 15 is 0 Å². The molecule has 2 aromatic carbocycles. The average molecular weight is 338 g/mol. The van der Waals surface area contributed by atoms with Gasteiger partial charge in [0.25, 0.3) is 0 Å². The molecule has 0 radical (unpaired) electrons. The third-order valence-corrected chi connectivity index (χ3v) is 3.84. The SMILES string of the molecule is C/C(=N/NC(=O)Cc1ccc(C)cc1C)c1ccccc1OC(C)C. The third kappa shape index (κ3) is 5.45. The smallest absolute Gasteiger partial charge is 0.244 e. The second-order valence-electron chi connectivity index (χ2n) is 6.50. The number of aryl methyl sites for hydroxylation is 2. The Morgan fingerprint density at radius 1 is 1.16 bits per heavy atom. The summed E-state index contributed by atoms with van der Waals surface area (Å²) in [5.41, 5.74) is 7.56. The first-order chi connectivity index (χ1) is 11.9. The van der Waals surface area contributed by atoms with Crippen LogP contribution >= 0.6 is 0 Å². The molecule has 0 bridgehead atoms. The first-order valence-corrected chi connectivity index (χ1v) is 8.52. The summed E-state index contributed by atoms with van der Waals surface area (Å²) < 4.78 is 5.80. The average Bonchev–Trinajstić information content (AvgIpc) is 2.55. The number of hydrogen-bond acceptors (Lipinski definition) is 3. The second-order valence-corrected chi connectivity index (χ2v) is 6.50. The van der Waals surface area contributed by atoms with Crippen LogP contribution in [0.2, 0.25) is 0 Å². The minimum atomic E-state index is -0.131. The van der Waals surface area contributed by atoms with Crippen molar-refractivity contribution in [3.63, 3.8) is 0 Å². The first-order valence-electron chi connectivity index (χ1n) is 8.52. The molecule has 0 aromatic heterocycles. The summed E-state index contributed by atoms with van der Waals surface area (Å²) >= 11 is 0. The number of hydrazone groups is 1. The van der Waals surface area contributed by atoms with E-state index in [9.17, 15) is 4.79 Å². The summed E-state index contributed by atoms with van der Waals surface area (Å²) in [4.78, 5) is 12.2. The van der Waals surface area contributed by atoms with Crippen LogP contribution in [0.3, 0.4) is 0 Å². The maximum absolute atomic E-state index is 12.2. The Labute approximate surface area is 149 Å². The number of rotatable bonds is 6. The predicted octanol–water partition coefficient (Wildman–Crippen LogP) is 4.17. The molecule has 0 atom stereocenters. The highest BCUT2D eigenvalue weighted by Gasteiger charge is 2.09. The van der Waals surface area contributed by atoms with Gasteiger partial charge in [0.2, 0.25) is 5.91 Å². The van der Waals surface area contributed by atoms with Crippen LogP contribution in [0, 0.1) is 13.8 Å². The highest BCUT2D eigenvalue weighted by molar-refractivity contribution is 6.01. The van der Waals surface area contributed by atoms with Crippen LogP contribution in [0.1, 0.15) is 43.0 Å². The van der Waals surface area contributed by atoms with Gasteiger partial charge < -0.3 is 4.74 Å². The van der Waals surface area contributed by atoms with Crippen molar-refractivity contribution < 1.29 is 9.53 Å². The fourth-order valence-electron chi connectivity index (χ4n) is 2.59. The predicted molar refractivity (Wildman–Crippen MR) is 102 cm³/mol. The number of carbonyl (C=O) groups excluding carboxylic acids is 1. The van der Waals surface area contributed by atoms with Crippen LogP contribution in [0.4, 0.5) is 0 Å².